The molecule has 20 heavy (non-hydrogen) atoms. The third-order valence-electron chi connectivity index (χ3n) is 3.57. The Morgan fingerprint density at radius 1 is 0.750 bits per heavy atom. The van der Waals surface area contributed by atoms with Gasteiger partial charge in [-0.1, -0.05) is 78.1 Å². The molecule has 2 amide bonds. The molecule has 0 spiro atoms. The summed E-state index contributed by atoms with van der Waals surface area (Å²) in [7, 11) is 0. The summed E-state index contributed by atoms with van der Waals surface area (Å²) in [5.41, 5.74) is 0. The second-order valence-corrected chi connectivity index (χ2v) is 5.65. The van der Waals surface area contributed by atoms with Gasteiger partial charge in [-0.25, -0.2) is 10.1 Å². The van der Waals surface area contributed by atoms with Crippen molar-refractivity contribution in [3.05, 3.63) is 0 Å². The van der Waals surface area contributed by atoms with Crippen molar-refractivity contribution in [2.24, 2.45) is 0 Å². The van der Waals surface area contributed by atoms with E-state index in [-0.39, 0.29) is 6.03 Å². The van der Waals surface area contributed by atoms with Gasteiger partial charge in [0.25, 0.3) is 0 Å². The van der Waals surface area contributed by atoms with E-state index in [0.29, 0.717) is 6.54 Å². The molecule has 0 aromatic rings. The molecule has 0 aliphatic rings. The van der Waals surface area contributed by atoms with Gasteiger partial charge in [0.15, 0.2) is 0 Å². The largest absolute Gasteiger partial charge is 0.337 e. The van der Waals surface area contributed by atoms with Crippen LogP contribution in [-0.4, -0.2) is 19.1 Å². The fourth-order valence-corrected chi connectivity index (χ4v) is 2.20. The van der Waals surface area contributed by atoms with E-state index in [4.69, 9.17) is 0 Å². The number of rotatable bonds is 14. The standard InChI is InChI=1S/C17H35N2O/c1-3-5-7-8-9-10-11-12-13-14-16-19-17(20)18-15-6-4-2/h3-16H2,1-2H3,(H,19,20). The summed E-state index contributed by atoms with van der Waals surface area (Å²) >= 11 is 0. The summed E-state index contributed by atoms with van der Waals surface area (Å²) in [5.74, 6) is 0. The lowest BCUT2D eigenvalue weighted by molar-refractivity contribution is 0.239. The molecule has 0 saturated heterocycles. The van der Waals surface area contributed by atoms with Crippen molar-refractivity contribution in [2.75, 3.05) is 13.1 Å². The number of nitrogens with one attached hydrogen (secondary N) is 1. The minimum Gasteiger partial charge on any atom is -0.337 e. The zero-order valence-electron chi connectivity index (χ0n) is 13.8. The molecule has 0 fully saturated rings. The van der Waals surface area contributed by atoms with Gasteiger partial charge in [-0.3, -0.25) is 0 Å². The smallest absolute Gasteiger partial charge is 0.336 e. The number of amides is 2. The second kappa shape index (κ2) is 16.3. The predicted octanol–water partition coefficient (Wildman–Crippen LogP) is 5.02. The van der Waals surface area contributed by atoms with E-state index in [0.717, 1.165) is 25.8 Å². The molecule has 3 nitrogen and oxygen atoms in total. The van der Waals surface area contributed by atoms with Gasteiger partial charge in [0, 0.05) is 13.1 Å². The average Bonchev–Trinajstić information content (AvgIpc) is 2.45. The van der Waals surface area contributed by atoms with E-state index in [1.807, 2.05) is 0 Å². The van der Waals surface area contributed by atoms with Crippen LogP contribution in [0, 0.1) is 0 Å². The zero-order chi connectivity index (χ0) is 14.9. The van der Waals surface area contributed by atoms with Crippen LogP contribution >= 0.6 is 0 Å². The molecule has 0 heterocycles. The molecule has 119 valence electrons. The SMILES string of the molecule is CCCCCCCCCCCCNC(=O)[N]CCCC. The monoisotopic (exact) mass is 283 g/mol. The lowest BCUT2D eigenvalue weighted by atomic mass is 10.1. The summed E-state index contributed by atoms with van der Waals surface area (Å²) < 4.78 is 0. The van der Waals surface area contributed by atoms with Crippen LogP contribution in [0.5, 0.6) is 0 Å². The van der Waals surface area contributed by atoms with E-state index in [1.54, 1.807) is 0 Å². The summed E-state index contributed by atoms with van der Waals surface area (Å²) in [6, 6.07) is -0.130. The van der Waals surface area contributed by atoms with E-state index in [1.165, 1.54) is 57.8 Å². The Balaban J connectivity index is 3.07. The molecule has 0 rings (SSSR count). The van der Waals surface area contributed by atoms with E-state index in [2.05, 4.69) is 24.5 Å². The number of carbonyl (C=O) groups excluding carboxylic acids is 1. The summed E-state index contributed by atoms with van der Waals surface area (Å²) in [5, 5.41) is 6.81. The normalized spacial score (nSPS) is 10.5. The Hall–Kier alpha value is -0.730. The Bertz CT molecular complexity index is 207. The molecule has 0 aliphatic heterocycles. The molecule has 0 aromatic heterocycles. The molecule has 0 unspecified atom stereocenters. The highest BCUT2D eigenvalue weighted by Crippen LogP contribution is 2.10. The van der Waals surface area contributed by atoms with Gasteiger partial charge in [0.2, 0.25) is 0 Å². The first-order valence-electron chi connectivity index (χ1n) is 8.76. The maximum absolute atomic E-state index is 11.3. The fourth-order valence-electron chi connectivity index (χ4n) is 2.20. The number of hydrogen-bond donors (Lipinski definition) is 1. The van der Waals surface area contributed by atoms with Crippen molar-refractivity contribution in [1.29, 1.82) is 0 Å². The van der Waals surface area contributed by atoms with Crippen LogP contribution in [0.1, 0.15) is 90.9 Å². The predicted molar refractivity (Wildman–Crippen MR) is 87.2 cm³/mol. The van der Waals surface area contributed by atoms with Crippen LogP contribution in [0.2, 0.25) is 0 Å². The van der Waals surface area contributed by atoms with Gasteiger partial charge < -0.3 is 5.32 Å². The molecule has 0 atom stereocenters. The van der Waals surface area contributed by atoms with Gasteiger partial charge in [-0.2, -0.15) is 0 Å². The highest BCUT2D eigenvalue weighted by Gasteiger charge is 1.99. The number of carbonyl (C=O) groups is 1. The third-order valence-corrected chi connectivity index (χ3v) is 3.57. The number of urea groups is 1. The first-order valence-corrected chi connectivity index (χ1v) is 8.76. The average molecular weight is 283 g/mol. The van der Waals surface area contributed by atoms with Gasteiger partial charge >= 0.3 is 6.03 Å². The molecule has 0 saturated carbocycles. The molecule has 0 bridgehead atoms. The van der Waals surface area contributed by atoms with Crippen LogP contribution in [0.4, 0.5) is 4.79 Å². The Morgan fingerprint density at radius 2 is 1.25 bits per heavy atom. The highest BCUT2D eigenvalue weighted by molar-refractivity contribution is 5.73. The summed E-state index contributed by atoms with van der Waals surface area (Å²) in [6.45, 7) is 5.82. The van der Waals surface area contributed by atoms with Crippen LogP contribution in [-0.2, 0) is 0 Å². The van der Waals surface area contributed by atoms with Crippen molar-refractivity contribution >= 4 is 6.03 Å². The molecule has 1 radical (unpaired) electrons. The van der Waals surface area contributed by atoms with E-state index >= 15 is 0 Å². The van der Waals surface area contributed by atoms with Gasteiger partial charge in [-0.05, 0) is 12.8 Å². The molecule has 0 aromatic carbocycles. The molecular weight excluding hydrogens is 248 g/mol. The Labute approximate surface area is 126 Å². The van der Waals surface area contributed by atoms with Crippen molar-refractivity contribution in [3.8, 4) is 0 Å². The van der Waals surface area contributed by atoms with E-state index in [9.17, 15) is 4.79 Å². The van der Waals surface area contributed by atoms with Crippen LogP contribution in [0.25, 0.3) is 0 Å². The topological polar surface area (TPSA) is 43.2 Å². The minimum atomic E-state index is -0.130. The van der Waals surface area contributed by atoms with E-state index < -0.39 is 0 Å². The lowest BCUT2D eigenvalue weighted by Gasteiger charge is -2.05. The fraction of sp³-hybridized carbons (Fsp3) is 0.941. The Morgan fingerprint density at radius 3 is 1.80 bits per heavy atom. The molecular formula is C17H35N2O. The number of hydrogen-bond acceptors (Lipinski definition) is 1. The van der Waals surface area contributed by atoms with Crippen molar-refractivity contribution in [3.63, 3.8) is 0 Å². The maximum atomic E-state index is 11.3. The van der Waals surface area contributed by atoms with Gasteiger partial charge in [0.05, 0.1) is 0 Å². The first kappa shape index (κ1) is 19.3. The molecule has 3 heteroatoms. The maximum Gasteiger partial charge on any atom is 0.336 e. The van der Waals surface area contributed by atoms with Crippen molar-refractivity contribution in [2.45, 2.75) is 90.9 Å². The Kier molecular flexibility index (Phi) is 15.7. The van der Waals surface area contributed by atoms with Gasteiger partial charge in [-0.15, -0.1) is 0 Å². The lowest BCUT2D eigenvalue weighted by Crippen LogP contribution is -2.31. The van der Waals surface area contributed by atoms with Crippen LogP contribution in [0.3, 0.4) is 0 Å². The zero-order valence-corrected chi connectivity index (χ0v) is 13.8. The molecule has 0 aliphatic carbocycles. The van der Waals surface area contributed by atoms with Gasteiger partial charge in [0.1, 0.15) is 0 Å². The van der Waals surface area contributed by atoms with Crippen molar-refractivity contribution < 1.29 is 4.79 Å². The molecule has 1 N–H and O–H groups in total. The third kappa shape index (κ3) is 15.3. The number of nitrogens with zero attached hydrogens (tertiary/aromatic N) is 1. The quantitative estimate of drug-likeness (QED) is 0.447. The minimum absolute atomic E-state index is 0.130. The van der Waals surface area contributed by atoms with Crippen molar-refractivity contribution in [1.82, 2.24) is 10.6 Å². The first-order chi connectivity index (χ1) is 9.81. The summed E-state index contributed by atoms with van der Waals surface area (Å²) in [4.78, 5) is 11.3. The van der Waals surface area contributed by atoms with Crippen LogP contribution in [0.15, 0.2) is 0 Å². The highest BCUT2D eigenvalue weighted by atomic mass is 16.2. The number of unbranched alkanes of at least 4 members (excludes halogenated alkanes) is 10. The van der Waals surface area contributed by atoms with Crippen LogP contribution < -0.4 is 10.6 Å². The summed E-state index contributed by atoms with van der Waals surface area (Å²) in [6.07, 6.45) is 15.4. The second-order valence-electron chi connectivity index (χ2n) is 5.65.